The van der Waals surface area contributed by atoms with Crippen LogP contribution in [-0.4, -0.2) is 11.1 Å². The van der Waals surface area contributed by atoms with Gasteiger partial charge in [0.15, 0.2) is 0 Å². The van der Waals surface area contributed by atoms with Crippen LogP contribution in [0.3, 0.4) is 0 Å². The molecule has 0 bridgehead atoms. The fourth-order valence-electron chi connectivity index (χ4n) is 16.2. The highest BCUT2D eigenvalue weighted by atomic mass is 15.2. The van der Waals surface area contributed by atoms with Crippen LogP contribution in [0, 0.1) is 11.8 Å². The molecule has 0 amide bonds. The minimum Gasteiger partial charge on any atom is -0.335 e. The van der Waals surface area contributed by atoms with Crippen LogP contribution in [-0.2, 0) is 0 Å². The lowest BCUT2D eigenvalue weighted by Crippen LogP contribution is -2.47. The molecule has 0 N–H and O–H groups in total. The summed E-state index contributed by atoms with van der Waals surface area (Å²) in [5.41, 5.74) is 18.6. The number of anilines is 4. The van der Waals surface area contributed by atoms with E-state index >= 15 is 0 Å². The van der Waals surface area contributed by atoms with E-state index in [0.717, 1.165) is 0 Å². The third kappa shape index (κ3) is 6.72. The van der Waals surface area contributed by atoms with E-state index in [1.165, 1.54) is 160 Å². The summed E-state index contributed by atoms with van der Waals surface area (Å²) in [5.74, 6) is 2.08. The van der Waals surface area contributed by atoms with Gasteiger partial charge >= 0.3 is 0 Å². The van der Waals surface area contributed by atoms with Gasteiger partial charge in [-0.3, -0.25) is 0 Å². The Labute approximate surface area is 448 Å². The van der Waals surface area contributed by atoms with Crippen molar-refractivity contribution in [2.45, 2.75) is 89.1 Å². The molecule has 76 heavy (non-hydrogen) atoms. The molecule has 0 spiro atoms. The number of para-hydroxylation sites is 2. The third-order valence-corrected chi connectivity index (χ3v) is 19.3. The number of hydrogen-bond donors (Lipinski definition) is 0. The van der Waals surface area contributed by atoms with Crippen molar-refractivity contribution in [3.05, 3.63) is 230 Å². The van der Waals surface area contributed by atoms with Crippen molar-refractivity contribution >= 4 is 65.8 Å². The quantitative estimate of drug-likeness (QED) is 0.153. The minimum atomic E-state index is 0.0210. The zero-order valence-corrected chi connectivity index (χ0v) is 44.2. The lowest BCUT2D eigenvalue weighted by Gasteiger charge is -2.46. The maximum absolute atomic E-state index is 2.69. The Bertz CT molecular complexity index is 3840. The van der Waals surface area contributed by atoms with Crippen LogP contribution >= 0.6 is 0 Å². The molecule has 2 aliphatic heterocycles. The molecular weight excluding hydrogens is 917 g/mol. The lowest BCUT2D eigenvalue weighted by atomic mass is 9.67. The Morgan fingerprint density at radius 1 is 0.355 bits per heavy atom. The predicted molar refractivity (Wildman–Crippen MR) is 324 cm³/mol. The normalized spacial score (nSPS) is 22.7. The summed E-state index contributed by atoms with van der Waals surface area (Å²) in [4.78, 5) is 5.38. The molecule has 2 aliphatic carbocycles. The smallest absolute Gasteiger partial charge is 0.0495 e. The average molecular weight is 981 g/mol. The molecule has 6 unspecified atom stereocenters. The Kier molecular flexibility index (Phi) is 10.3. The van der Waals surface area contributed by atoms with Gasteiger partial charge in [-0.05, 0) is 211 Å². The summed E-state index contributed by atoms with van der Waals surface area (Å²) in [6.07, 6.45) is 7.43. The van der Waals surface area contributed by atoms with E-state index in [2.05, 4.69) is 256 Å². The number of hydrogen-bond acceptors (Lipinski definition) is 2. The summed E-state index contributed by atoms with van der Waals surface area (Å²) >= 11 is 0. The van der Waals surface area contributed by atoms with Crippen molar-refractivity contribution in [2.24, 2.45) is 11.8 Å². The van der Waals surface area contributed by atoms with E-state index < -0.39 is 0 Å². The SMILES string of the molecule is CC1CCCC2(C)C1c1cc(-c3ccc4c(-c5cccc6ccccc56)c5cc(-c6ccc7c(c6)C6C(C)CCCC6(C)N7c6ccccc6)ccc5c(-c5cccc6ccccc56)c4c3)ccc1N2c1ccccc1. The molecule has 2 heterocycles. The van der Waals surface area contributed by atoms with Crippen LogP contribution in [0.15, 0.2) is 218 Å². The molecule has 11 aromatic carbocycles. The van der Waals surface area contributed by atoms with Crippen LogP contribution in [0.1, 0.15) is 89.2 Å². The first-order valence-corrected chi connectivity index (χ1v) is 28.3. The van der Waals surface area contributed by atoms with Crippen molar-refractivity contribution in [2.75, 3.05) is 9.80 Å². The van der Waals surface area contributed by atoms with Gasteiger partial charge in [0, 0.05) is 45.7 Å². The second-order valence-electron chi connectivity index (χ2n) is 23.6. The van der Waals surface area contributed by atoms with Crippen molar-refractivity contribution < 1.29 is 0 Å². The van der Waals surface area contributed by atoms with E-state index in [-0.39, 0.29) is 11.1 Å². The number of benzene rings is 11. The molecule has 0 saturated heterocycles. The molecule has 370 valence electrons. The van der Waals surface area contributed by atoms with Gasteiger partial charge in [0.1, 0.15) is 0 Å². The standard InChI is InChI=1S/C74H64N2/c1-47-19-17-41-73(3)71(47)65-45-53(35-39-67(65)75(73)55-25-7-5-8-26-55)51-33-37-61-63(43-51)69(59-31-15-23-49-21-11-13-29-57(49)59)62-38-34-52(44-64(62)70(61)60-32-16-24-50-22-12-14-30-58(50)60)54-36-40-68-66(46-54)72-48(2)20-18-42-74(72,4)76(68)56-27-9-6-10-28-56/h5-16,21-40,43-48,71-72H,17-20,41-42H2,1-4H3. The highest BCUT2D eigenvalue weighted by Crippen LogP contribution is 2.62. The molecule has 6 atom stereocenters. The first kappa shape index (κ1) is 45.5. The fourth-order valence-corrected chi connectivity index (χ4v) is 16.2. The molecule has 2 heteroatoms. The van der Waals surface area contributed by atoms with Gasteiger partial charge in [0.2, 0.25) is 0 Å². The van der Waals surface area contributed by atoms with Crippen molar-refractivity contribution in [3.63, 3.8) is 0 Å². The number of fused-ring (bicyclic) bond motifs is 10. The molecule has 11 aromatic rings. The van der Waals surface area contributed by atoms with Crippen LogP contribution in [0.25, 0.3) is 87.6 Å². The van der Waals surface area contributed by atoms with Gasteiger partial charge in [0.05, 0.1) is 0 Å². The van der Waals surface area contributed by atoms with Gasteiger partial charge in [0.25, 0.3) is 0 Å². The van der Waals surface area contributed by atoms with Gasteiger partial charge < -0.3 is 9.80 Å². The summed E-state index contributed by atoms with van der Waals surface area (Å²) in [5, 5.41) is 10.2. The summed E-state index contributed by atoms with van der Waals surface area (Å²) < 4.78 is 0. The maximum Gasteiger partial charge on any atom is 0.0495 e. The van der Waals surface area contributed by atoms with Gasteiger partial charge in [-0.1, -0.05) is 184 Å². The lowest BCUT2D eigenvalue weighted by molar-refractivity contribution is 0.223. The zero-order chi connectivity index (χ0) is 50.9. The number of rotatable bonds is 6. The Hall–Kier alpha value is -7.94. The summed E-state index contributed by atoms with van der Waals surface area (Å²) in [7, 11) is 0. The summed E-state index contributed by atoms with van der Waals surface area (Å²) in [6, 6.07) is 83.8. The van der Waals surface area contributed by atoms with Gasteiger partial charge in [-0.2, -0.15) is 0 Å². The van der Waals surface area contributed by atoms with E-state index in [0.29, 0.717) is 23.7 Å². The number of nitrogens with zero attached hydrogens (tertiary/aromatic N) is 2. The molecule has 15 rings (SSSR count). The van der Waals surface area contributed by atoms with Crippen molar-refractivity contribution in [3.8, 4) is 44.5 Å². The first-order valence-electron chi connectivity index (χ1n) is 28.3. The monoisotopic (exact) mass is 981 g/mol. The van der Waals surface area contributed by atoms with Crippen molar-refractivity contribution in [1.29, 1.82) is 0 Å². The van der Waals surface area contributed by atoms with E-state index in [9.17, 15) is 0 Å². The molecular formula is C74H64N2. The van der Waals surface area contributed by atoms with Gasteiger partial charge in [-0.25, -0.2) is 0 Å². The van der Waals surface area contributed by atoms with Crippen LogP contribution in [0.5, 0.6) is 0 Å². The second kappa shape index (κ2) is 17.3. The van der Waals surface area contributed by atoms with Crippen LogP contribution < -0.4 is 9.80 Å². The molecule has 2 nitrogen and oxygen atoms in total. The molecule has 4 aliphatic rings. The molecule has 2 saturated carbocycles. The minimum absolute atomic E-state index is 0.0210. The van der Waals surface area contributed by atoms with Crippen LogP contribution in [0.4, 0.5) is 22.7 Å². The first-order chi connectivity index (χ1) is 37.3. The largest absolute Gasteiger partial charge is 0.335 e. The predicted octanol–water partition coefficient (Wildman–Crippen LogP) is 20.6. The van der Waals surface area contributed by atoms with E-state index in [4.69, 9.17) is 0 Å². The van der Waals surface area contributed by atoms with E-state index in [1.807, 2.05) is 0 Å². The van der Waals surface area contributed by atoms with Crippen molar-refractivity contribution in [1.82, 2.24) is 0 Å². The maximum atomic E-state index is 2.69. The summed E-state index contributed by atoms with van der Waals surface area (Å²) in [6.45, 7) is 10.1. The highest BCUT2D eigenvalue weighted by molar-refractivity contribution is 6.26. The fraction of sp³-hybridized carbons (Fsp3) is 0.216. The molecule has 2 fully saturated rings. The molecule has 0 radical (unpaired) electrons. The molecule has 0 aromatic heterocycles. The van der Waals surface area contributed by atoms with Gasteiger partial charge in [-0.15, -0.1) is 0 Å². The third-order valence-electron chi connectivity index (χ3n) is 19.3. The van der Waals surface area contributed by atoms with Crippen LogP contribution in [0.2, 0.25) is 0 Å². The second-order valence-corrected chi connectivity index (χ2v) is 23.6. The highest BCUT2D eigenvalue weighted by Gasteiger charge is 2.53. The van der Waals surface area contributed by atoms with E-state index in [1.54, 1.807) is 0 Å². The average Bonchev–Trinajstić information content (AvgIpc) is 3.92. The Morgan fingerprint density at radius 3 is 1.18 bits per heavy atom. The topological polar surface area (TPSA) is 6.48 Å². The zero-order valence-electron chi connectivity index (χ0n) is 44.2. The Balaban J connectivity index is 0.983. The Morgan fingerprint density at radius 2 is 0.737 bits per heavy atom.